The van der Waals surface area contributed by atoms with E-state index in [9.17, 15) is 8.42 Å². The minimum absolute atomic E-state index is 0. The van der Waals surface area contributed by atoms with E-state index in [0.717, 1.165) is 36.8 Å². The molecule has 0 aliphatic carbocycles. The van der Waals surface area contributed by atoms with Crippen LogP contribution in [0, 0.1) is 0 Å². The Labute approximate surface area is 173 Å². The molecule has 3 rings (SSSR count). The Bertz CT molecular complexity index is 868. The molecule has 148 valence electrons. The molecule has 0 radical (unpaired) electrons. The SMILES string of the molecule is CCCC[C@]1(CC)CS(=O)(=O)c2ccccc2[C@H](c2ccc(Cl)cc2)N1.Cl. The molecule has 6 heteroatoms. The Balaban J connectivity index is 0.00000261. The van der Waals surface area contributed by atoms with Crippen LogP contribution in [0.4, 0.5) is 0 Å². The summed E-state index contributed by atoms with van der Waals surface area (Å²) in [5.74, 6) is 0.137. The van der Waals surface area contributed by atoms with E-state index < -0.39 is 15.4 Å². The number of sulfone groups is 1. The van der Waals surface area contributed by atoms with Crippen LogP contribution in [0.15, 0.2) is 53.4 Å². The van der Waals surface area contributed by atoms with E-state index >= 15 is 0 Å². The van der Waals surface area contributed by atoms with Gasteiger partial charge in [0, 0.05) is 10.6 Å². The molecule has 0 fully saturated rings. The molecule has 2 aromatic carbocycles. The summed E-state index contributed by atoms with van der Waals surface area (Å²) >= 11 is 6.06. The molecule has 1 aliphatic rings. The Hall–Kier alpha value is -1.07. The number of benzene rings is 2. The lowest BCUT2D eigenvalue weighted by molar-refractivity contribution is 0.295. The Morgan fingerprint density at radius 2 is 1.78 bits per heavy atom. The summed E-state index contributed by atoms with van der Waals surface area (Å²) in [5, 5.41) is 4.42. The predicted octanol–water partition coefficient (Wildman–Crippen LogP) is 5.57. The number of halogens is 2. The molecule has 0 bridgehead atoms. The molecule has 2 atom stereocenters. The molecule has 2 aromatic rings. The zero-order valence-corrected chi connectivity index (χ0v) is 18.1. The number of fused-ring (bicyclic) bond motifs is 1. The fourth-order valence-electron chi connectivity index (χ4n) is 3.83. The van der Waals surface area contributed by atoms with Gasteiger partial charge in [-0.05, 0) is 42.2 Å². The zero-order valence-electron chi connectivity index (χ0n) is 15.7. The molecular weight excluding hydrogens is 401 g/mol. The quantitative estimate of drug-likeness (QED) is 0.678. The second kappa shape index (κ2) is 8.95. The number of unbranched alkanes of at least 4 members (excludes halogenated alkanes) is 1. The van der Waals surface area contributed by atoms with Gasteiger partial charge >= 0.3 is 0 Å². The smallest absolute Gasteiger partial charge is 0.180 e. The first-order valence-corrected chi connectivity index (χ1v) is 11.3. The molecule has 1 N–H and O–H groups in total. The van der Waals surface area contributed by atoms with E-state index in [1.165, 1.54) is 0 Å². The Morgan fingerprint density at radius 1 is 1.11 bits per heavy atom. The fraction of sp³-hybridized carbons (Fsp3) is 0.429. The van der Waals surface area contributed by atoms with Crippen LogP contribution in [-0.4, -0.2) is 19.7 Å². The van der Waals surface area contributed by atoms with Crippen molar-refractivity contribution >= 4 is 33.8 Å². The van der Waals surface area contributed by atoms with Crippen LogP contribution in [0.25, 0.3) is 0 Å². The highest BCUT2D eigenvalue weighted by Gasteiger charge is 2.41. The van der Waals surface area contributed by atoms with Crippen molar-refractivity contribution in [3.05, 3.63) is 64.7 Å². The van der Waals surface area contributed by atoms with Crippen LogP contribution in [0.5, 0.6) is 0 Å². The van der Waals surface area contributed by atoms with Crippen LogP contribution in [0.2, 0.25) is 5.02 Å². The second-order valence-electron chi connectivity index (χ2n) is 7.16. The minimum Gasteiger partial charge on any atom is -0.300 e. The largest absolute Gasteiger partial charge is 0.300 e. The topological polar surface area (TPSA) is 46.2 Å². The van der Waals surface area contributed by atoms with Gasteiger partial charge in [-0.1, -0.05) is 68.6 Å². The predicted molar refractivity (Wildman–Crippen MR) is 115 cm³/mol. The van der Waals surface area contributed by atoms with Gasteiger partial charge in [-0.15, -0.1) is 12.4 Å². The standard InChI is InChI=1S/C21H26ClNO2S.ClH/c1-3-5-14-21(4-2)15-26(24,25)19-9-7-6-8-18(19)20(23-21)16-10-12-17(22)13-11-16;/h6-13,20,23H,3-5,14-15H2,1-2H3;1H/t20-,21+;/m0./s1. The van der Waals surface area contributed by atoms with Crippen LogP contribution < -0.4 is 5.32 Å². The lowest BCUT2D eigenvalue weighted by Crippen LogP contribution is -2.50. The molecule has 0 saturated carbocycles. The summed E-state index contributed by atoms with van der Waals surface area (Å²) in [4.78, 5) is 0.444. The maximum absolute atomic E-state index is 13.2. The minimum atomic E-state index is -3.37. The highest BCUT2D eigenvalue weighted by atomic mass is 35.5. The molecule has 0 aromatic heterocycles. The Kier molecular flexibility index (Phi) is 7.37. The van der Waals surface area contributed by atoms with Crippen LogP contribution in [0.3, 0.4) is 0 Å². The van der Waals surface area contributed by atoms with Crippen molar-refractivity contribution in [2.45, 2.75) is 56.0 Å². The maximum Gasteiger partial charge on any atom is 0.180 e. The molecule has 1 aliphatic heterocycles. The first kappa shape index (κ1) is 22.2. The van der Waals surface area contributed by atoms with Gasteiger partial charge in [0.05, 0.1) is 16.7 Å². The summed E-state index contributed by atoms with van der Waals surface area (Å²) in [6.07, 6.45) is 3.66. The average molecular weight is 428 g/mol. The second-order valence-corrected chi connectivity index (χ2v) is 9.56. The van der Waals surface area contributed by atoms with Gasteiger partial charge < -0.3 is 0 Å². The van der Waals surface area contributed by atoms with Crippen molar-refractivity contribution < 1.29 is 8.42 Å². The van der Waals surface area contributed by atoms with Gasteiger partial charge in [-0.25, -0.2) is 8.42 Å². The highest BCUT2D eigenvalue weighted by Crippen LogP contribution is 2.38. The first-order chi connectivity index (χ1) is 12.4. The van der Waals surface area contributed by atoms with Crippen LogP contribution in [-0.2, 0) is 9.84 Å². The number of nitrogens with one attached hydrogen (secondary N) is 1. The normalized spacial score (nSPS) is 23.7. The van der Waals surface area contributed by atoms with E-state index in [4.69, 9.17) is 11.6 Å². The van der Waals surface area contributed by atoms with Crippen molar-refractivity contribution in [1.82, 2.24) is 5.32 Å². The van der Waals surface area contributed by atoms with Crippen molar-refractivity contribution in [2.75, 3.05) is 5.75 Å². The van der Waals surface area contributed by atoms with Gasteiger partial charge in [0.2, 0.25) is 0 Å². The maximum atomic E-state index is 13.2. The molecular formula is C21H27Cl2NO2S. The molecule has 1 heterocycles. The molecule has 3 nitrogen and oxygen atoms in total. The summed E-state index contributed by atoms with van der Waals surface area (Å²) < 4.78 is 26.4. The number of hydrogen-bond donors (Lipinski definition) is 1. The molecule has 0 saturated heterocycles. The van der Waals surface area contributed by atoms with E-state index in [1.54, 1.807) is 12.1 Å². The van der Waals surface area contributed by atoms with E-state index in [0.29, 0.717) is 9.92 Å². The molecule has 27 heavy (non-hydrogen) atoms. The van der Waals surface area contributed by atoms with Gasteiger partial charge in [0.25, 0.3) is 0 Å². The monoisotopic (exact) mass is 427 g/mol. The number of rotatable bonds is 5. The van der Waals surface area contributed by atoms with E-state index in [-0.39, 0.29) is 24.2 Å². The molecule has 0 amide bonds. The third kappa shape index (κ3) is 4.68. The average Bonchev–Trinajstić information content (AvgIpc) is 2.74. The molecule has 0 spiro atoms. The summed E-state index contributed by atoms with van der Waals surface area (Å²) in [6, 6.07) is 14.9. The fourth-order valence-corrected chi connectivity index (χ4v) is 6.10. The third-order valence-corrected chi connectivity index (χ3v) is 7.60. The van der Waals surface area contributed by atoms with E-state index in [1.807, 2.05) is 36.4 Å². The van der Waals surface area contributed by atoms with Crippen molar-refractivity contribution in [2.24, 2.45) is 0 Å². The van der Waals surface area contributed by atoms with Crippen molar-refractivity contribution in [3.63, 3.8) is 0 Å². The van der Waals surface area contributed by atoms with Gasteiger partial charge in [0.15, 0.2) is 9.84 Å². The van der Waals surface area contributed by atoms with Gasteiger partial charge in [-0.3, -0.25) is 5.32 Å². The number of hydrogen-bond acceptors (Lipinski definition) is 3. The Morgan fingerprint density at radius 3 is 2.41 bits per heavy atom. The summed E-state index contributed by atoms with van der Waals surface area (Å²) in [7, 11) is -3.37. The van der Waals surface area contributed by atoms with Gasteiger partial charge in [0.1, 0.15) is 0 Å². The van der Waals surface area contributed by atoms with Crippen molar-refractivity contribution in [1.29, 1.82) is 0 Å². The lowest BCUT2D eigenvalue weighted by Gasteiger charge is -2.36. The lowest BCUT2D eigenvalue weighted by atomic mass is 9.88. The highest BCUT2D eigenvalue weighted by molar-refractivity contribution is 7.91. The van der Waals surface area contributed by atoms with Crippen molar-refractivity contribution in [3.8, 4) is 0 Å². The van der Waals surface area contributed by atoms with Crippen LogP contribution >= 0.6 is 24.0 Å². The molecule has 0 unspecified atom stereocenters. The zero-order chi connectivity index (χ0) is 18.8. The van der Waals surface area contributed by atoms with Gasteiger partial charge in [-0.2, -0.15) is 0 Å². The summed E-state index contributed by atoms with van der Waals surface area (Å²) in [5.41, 5.74) is 1.42. The summed E-state index contributed by atoms with van der Waals surface area (Å²) in [6.45, 7) is 4.22. The first-order valence-electron chi connectivity index (χ1n) is 9.25. The van der Waals surface area contributed by atoms with Crippen LogP contribution in [0.1, 0.15) is 56.7 Å². The third-order valence-electron chi connectivity index (χ3n) is 5.37. The van der Waals surface area contributed by atoms with E-state index in [2.05, 4.69) is 19.2 Å².